The molecule has 0 aliphatic heterocycles. The average Bonchev–Trinajstić information content (AvgIpc) is 3.08. The number of pyridine rings is 1. The highest BCUT2D eigenvalue weighted by molar-refractivity contribution is 6.36. The summed E-state index contributed by atoms with van der Waals surface area (Å²) in [6.45, 7) is 0. The van der Waals surface area contributed by atoms with Crippen LogP contribution < -0.4 is 11.3 Å². The molecular formula is C17H9Cl2N5O. The van der Waals surface area contributed by atoms with E-state index in [9.17, 15) is 10.1 Å². The van der Waals surface area contributed by atoms with Crippen molar-refractivity contribution in [3.05, 3.63) is 56.4 Å². The Morgan fingerprint density at radius 3 is 2.72 bits per heavy atom. The lowest BCUT2D eigenvalue weighted by molar-refractivity contribution is 1.12. The van der Waals surface area contributed by atoms with Crippen molar-refractivity contribution in [3.63, 3.8) is 0 Å². The Labute approximate surface area is 150 Å². The van der Waals surface area contributed by atoms with Crippen molar-refractivity contribution in [2.24, 2.45) is 0 Å². The third-order valence-corrected chi connectivity index (χ3v) is 4.61. The number of halogens is 2. The van der Waals surface area contributed by atoms with Gasteiger partial charge in [0.1, 0.15) is 11.8 Å². The number of nitrogens with two attached hydrogens (primary N) is 1. The van der Waals surface area contributed by atoms with Crippen LogP contribution in [0.2, 0.25) is 10.0 Å². The number of anilines is 1. The molecule has 0 aliphatic rings. The van der Waals surface area contributed by atoms with Gasteiger partial charge < -0.3 is 10.7 Å². The molecule has 0 saturated heterocycles. The van der Waals surface area contributed by atoms with Gasteiger partial charge in [0.2, 0.25) is 0 Å². The summed E-state index contributed by atoms with van der Waals surface area (Å²) >= 11 is 12.3. The van der Waals surface area contributed by atoms with Crippen LogP contribution in [0, 0.1) is 11.3 Å². The predicted molar refractivity (Wildman–Crippen MR) is 98.8 cm³/mol. The Morgan fingerprint density at radius 2 is 1.96 bits per heavy atom. The summed E-state index contributed by atoms with van der Waals surface area (Å²) in [6, 6.07) is 8.66. The number of nitriles is 1. The van der Waals surface area contributed by atoms with Gasteiger partial charge in [0, 0.05) is 21.4 Å². The van der Waals surface area contributed by atoms with Crippen molar-refractivity contribution in [2.45, 2.75) is 0 Å². The predicted octanol–water partition coefficient (Wildman–Crippen LogP) is 3.83. The first-order chi connectivity index (χ1) is 12.0. The second-order valence-corrected chi connectivity index (χ2v) is 6.33. The van der Waals surface area contributed by atoms with Gasteiger partial charge in [-0.15, -0.1) is 0 Å². The van der Waals surface area contributed by atoms with Crippen molar-refractivity contribution in [1.29, 1.82) is 5.26 Å². The number of nitrogens with zero attached hydrogens (tertiary/aromatic N) is 2. The first kappa shape index (κ1) is 15.5. The van der Waals surface area contributed by atoms with E-state index in [0.717, 1.165) is 0 Å². The van der Waals surface area contributed by atoms with Gasteiger partial charge in [0.25, 0.3) is 5.56 Å². The number of H-pyrrole nitrogens is 2. The zero-order valence-electron chi connectivity index (χ0n) is 12.5. The summed E-state index contributed by atoms with van der Waals surface area (Å²) in [4.78, 5) is 15.0. The number of fused-ring (bicyclic) bond motifs is 2. The molecule has 0 unspecified atom stereocenters. The molecule has 4 aromatic rings. The van der Waals surface area contributed by atoms with Gasteiger partial charge in [0.15, 0.2) is 0 Å². The maximum absolute atomic E-state index is 12.3. The zero-order valence-corrected chi connectivity index (χ0v) is 14.0. The Hall–Kier alpha value is -3.01. The molecule has 4 N–H and O–H groups in total. The standard InChI is InChI=1S/C17H9Cl2N5O/c18-8-3-7(5-20)15-10(4-8)13(14(21)17(25)23-15)9-1-2-12(19)16-11(9)6-22-24-16/h1-4,6H,21H2,(H,22,24)(H,23,25). The first-order valence-electron chi connectivity index (χ1n) is 7.18. The van der Waals surface area contributed by atoms with E-state index in [1.54, 1.807) is 24.4 Å². The molecule has 0 amide bonds. The minimum absolute atomic E-state index is 0.0310. The van der Waals surface area contributed by atoms with E-state index in [0.29, 0.717) is 43.0 Å². The fourth-order valence-corrected chi connectivity index (χ4v) is 3.40. The summed E-state index contributed by atoms with van der Waals surface area (Å²) < 4.78 is 0. The van der Waals surface area contributed by atoms with Crippen LogP contribution in [-0.2, 0) is 0 Å². The van der Waals surface area contributed by atoms with Crippen LogP contribution in [0.5, 0.6) is 0 Å². The van der Waals surface area contributed by atoms with Crippen molar-refractivity contribution in [1.82, 2.24) is 15.2 Å². The van der Waals surface area contributed by atoms with Crippen molar-refractivity contribution < 1.29 is 0 Å². The van der Waals surface area contributed by atoms with E-state index in [1.807, 2.05) is 6.07 Å². The minimum atomic E-state index is -0.479. The molecule has 0 spiro atoms. The van der Waals surface area contributed by atoms with Crippen LogP contribution in [0.4, 0.5) is 5.69 Å². The highest BCUT2D eigenvalue weighted by atomic mass is 35.5. The Morgan fingerprint density at radius 1 is 1.16 bits per heavy atom. The molecule has 0 radical (unpaired) electrons. The maximum Gasteiger partial charge on any atom is 0.272 e. The molecule has 8 heteroatoms. The molecule has 2 heterocycles. The molecule has 4 rings (SSSR count). The SMILES string of the molecule is N#Cc1cc(Cl)cc2c(-c3ccc(Cl)c4[nH]ncc34)c(N)c(=O)[nH]c12. The van der Waals surface area contributed by atoms with E-state index in [1.165, 1.54) is 6.07 Å². The van der Waals surface area contributed by atoms with Crippen LogP contribution in [0.15, 0.2) is 35.3 Å². The van der Waals surface area contributed by atoms with Gasteiger partial charge in [-0.25, -0.2) is 0 Å². The monoisotopic (exact) mass is 369 g/mol. The third-order valence-electron chi connectivity index (χ3n) is 4.08. The number of aromatic amines is 2. The molecule has 25 heavy (non-hydrogen) atoms. The number of hydrogen-bond acceptors (Lipinski definition) is 4. The Balaban J connectivity index is 2.25. The summed E-state index contributed by atoms with van der Waals surface area (Å²) in [6.07, 6.45) is 1.61. The fraction of sp³-hybridized carbons (Fsp3) is 0. The molecule has 2 aromatic heterocycles. The van der Waals surface area contributed by atoms with Gasteiger partial charge in [-0.05, 0) is 23.8 Å². The topological polar surface area (TPSA) is 111 Å². The van der Waals surface area contributed by atoms with Crippen LogP contribution in [0.3, 0.4) is 0 Å². The molecular weight excluding hydrogens is 361 g/mol. The first-order valence-corrected chi connectivity index (χ1v) is 7.94. The molecule has 0 atom stereocenters. The van der Waals surface area contributed by atoms with E-state index >= 15 is 0 Å². The molecule has 0 aliphatic carbocycles. The van der Waals surface area contributed by atoms with E-state index in [4.69, 9.17) is 28.9 Å². The molecule has 0 saturated carbocycles. The summed E-state index contributed by atoms with van der Waals surface area (Å²) in [5.74, 6) is 0. The number of benzene rings is 2. The highest BCUT2D eigenvalue weighted by Gasteiger charge is 2.18. The van der Waals surface area contributed by atoms with Crippen molar-refractivity contribution in [2.75, 3.05) is 5.73 Å². The number of rotatable bonds is 1. The van der Waals surface area contributed by atoms with Gasteiger partial charge in [-0.3, -0.25) is 9.89 Å². The quantitative estimate of drug-likeness (QED) is 0.473. The Bertz CT molecular complexity index is 1270. The van der Waals surface area contributed by atoms with Gasteiger partial charge in [-0.1, -0.05) is 29.3 Å². The summed E-state index contributed by atoms with van der Waals surface area (Å²) in [5, 5.41) is 18.4. The van der Waals surface area contributed by atoms with Crippen molar-refractivity contribution in [3.8, 4) is 17.2 Å². The van der Waals surface area contributed by atoms with Crippen LogP contribution in [0.1, 0.15) is 5.56 Å². The number of aromatic nitrogens is 3. The summed E-state index contributed by atoms with van der Waals surface area (Å²) in [5.41, 5.74) is 8.08. The van der Waals surface area contributed by atoms with Crippen LogP contribution >= 0.6 is 23.2 Å². The Kier molecular flexibility index (Phi) is 3.42. The van der Waals surface area contributed by atoms with E-state index < -0.39 is 5.56 Å². The lowest BCUT2D eigenvalue weighted by Crippen LogP contribution is -2.14. The highest BCUT2D eigenvalue weighted by Crippen LogP contribution is 2.38. The van der Waals surface area contributed by atoms with Crippen molar-refractivity contribution >= 4 is 50.7 Å². The average molecular weight is 370 g/mol. The molecule has 0 bridgehead atoms. The lowest BCUT2D eigenvalue weighted by Gasteiger charge is -2.12. The maximum atomic E-state index is 12.3. The molecule has 122 valence electrons. The molecule has 2 aromatic carbocycles. The van der Waals surface area contributed by atoms with Crippen LogP contribution in [-0.4, -0.2) is 15.2 Å². The zero-order chi connectivity index (χ0) is 17.7. The number of nitrogens with one attached hydrogen (secondary N) is 2. The van der Waals surface area contributed by atoms with Gasteiger partial charge in [0.05, 0.1) is 27.8 Å². The normalized spacial score (nSPS) is 11.1. The number of hydrogen-bond donors (Lipinski definition) is 3. The second-order valence-electron chi connectivity index (χ2n) is 5.48. The summed E-state index contributed by atoms with van der Waals surface area (Å²) in [7, 11) is 0. The van der Waals surface area contributed by atoms with Gasteiger partial charge in [-0.2, -0.15) is 10.4 Å². The smallest absolute Gasteiger partial charge is 0.272 e. The third kappa shape index (κ3) is 2.25. The minimum Gasteiger partial charge on any atom is -0.394 e. The second kappa shape index (κ2) is 5.52. The largest absolute Gasteiger partial charge is 0.394 e. The molecule has 6 nitrogen and oxygen atoms in total. The lowest BCUT2D eigenvalue weighted by atomic mass is 9.95. The van der Waals surface area contributed by atoms with E-state index in [-0.39, 0.29) is 11.3 Å². The number of nitrogen functional groups attached to an aromatic ring is 1. The fourth-order valence-electron chi connectivity index (χ4n) is 2.98. The van der Waals surface area contributed by atoms with Gasteiger partial charge >= 0.3 is 0 Å². The van der Waals surface area contributed by atoms with Crippen LogP contribution in [0.25, 0.3) is 32.9 Å². The molecule has 0 fully saturated rings. The van der Waals surface area contributed by atoms with E-state index in [2.05, 4.69) is 15.2 Å².